The van der Waals surface area contributed by atoms with E-state index in [9.17, 15) is 4.79 Å². The molecule has 0 saturated carbocycles. The first-order chi connectivity index (χ1) is 8.77. The van der Waals surface area contributed by atoms with Crippen molar-refractivity contribution in [3.63, 3.8) is 0 Å². The molecule has 0 aliphatic carbocycles. The number of thioether (sulfide) groups is 1. The molecule has 1 saturated heterocycles. The molecule has 1 fully saturated rings. The van der Waals surface area contributed by atoms with Gasteiger partial charge in [0.2, 0.25) is 5.91 Å². The van der Waals surface area contributed by atoms with Gasteiger partial charge in [-0.15, -0.1) is 0 Å². The van der Waals surface area contributed by atoms with E-state index >= 15 is 0 Å². The molecule has 1 heterocycles. The van der Waals surface area contributed by atoms with E-state index in [-0.39, 0.29) is 11.9 Å². The molecule has 1 aromatic carbocycles. The highest BCUT2D eigenvalue weighted by molar-refractivity contribution is 7.98. The Bertz CT molecular complexity index is 383. The van der Waals surface area contributed by atoms with E-state index in [1.165, 1.54) is 5.56 Å². The molecule has 0 radical (unpaired) electrons. The van der Waals surface area contributed by atoms with Crippen LogP contribution in [-0.2, 0) is 10.5 Å². The van der Waals surface area contributed by atoms with Gasteiger partial charge in [0.1, 0.15) is 0 Å². The zero-order valence-corrected chi connectivity index (χ0v) is 11.4. The Morgan fingerprint density at radius 2 is 2.17 bits per heavy atom. The van der Waals surface area contributed by atoms with E-state index in [0.717, 1.165) is 37.4 Å². The lowest BCUT2D eigenvalue weighted by Gasteiger charge is -2.21. The van der Waals surface area contributed by atoms with Crippen LogP contribution < -0.4 is 5.73 Å². The van der Waals surface area contributed by atoms with E-state index in [1.807, 2.05) is 17.8 Å². The fraction of sp³-hybridized carbons (Fsp3) is 0.500. The van der Waals surface area contributed by atoms with Gasteiger partial charge in [-0.25, -0.2) is 0 Å². The molecule has 2 N–H and O–H groups in total. The molecule has 4 heteroatoms. The van der Waals surface area contributed by atoms with Crippen molar-refractivity contribution in [1.29, 1.82) is 0 Å². The van der Waals surface area contributed by atoms with Crippen LogP contribution in [0.2, 0.25) is 0 Å². The van der Waals surface area contributed by atoms with Crippen molar-refractivity contribution in [3.05, 3.63) is 35.9 Å². The Labute approximate surface area is 113 Å². The Kier molecular flexibility index (Phi) is 5.08. The maximum atomic E-state index is 11.2. The lowest BCUT2D eigenvalue weighted by molar-refractivity contribution is -0.122. The van der Waals surface area contributed by atoms with Crippen LogP contribution in [0.3, 0.4) is 0 Å². The maximum absolute atomic E-state index is 11.2. The van der Waals surface area contributed by atoms with Crippen LogP contribution in [0.4, 0.5) is 0 Å². The van der Waals surface area contributed by atoms with Crippen molar-refractivity contribution >= 4 is 17.7 Å². The summed E-state index contributed by atoms with van der Waals surface area (Å²) in [5.74, 6) is 1.93. The van der Waals surface area contributed by atoms with Crippen molar-refractivity contribution in [2.45, 2.75) is 24.6 Å². The smallest absolute Gasteiger partial charge is 0.234 e. The third kappa shape index (κ3) is 3.75. The van der Waals surface area contributed by atoms with E-state index in [2.05, 4.69) is 29.2 Å². The van der Waals surface area contributed by atoms with E-state index < -0.39 is 0 Å². The number of carbonyl (C=O) groups is 1. The van der Waals surface area contributed by atoms with E-state index in [4.69, 9.17) is 5.73 Å². The standard InChI is InChI=1S/C14H20N2OS/c15-14(17)13-7-4-8-16(13)9-10-18-11-12-5-2-1-3-6-12/h1-3,5-6,13H,4,7-11H2,(H2,15,17)/t13-/m0/s1. The molecule has 2 rings (SSSR count). The summed E-state index contributed by atoms with van der Waals surface area (Å²) in [4.78, 5) is 13.5. The van der Waals surface area contributed by atoms with Crippen molar-refractivity contribution in [3.8, 4) is 0 Å². The van der Waals surface area contributed by atoms with Crippen molar-refractivity contribution in [1.82, 2.24) is 4.90 Å². The molecular formula is C14H20N2OS. The zero-order chi connectivity index (χ0) is 12.8. The summed E-state index contributed by atoms with van der Waals surface area (Å²) >= 11 is 1.91. The molecule has 1 amide bonds. The van der Waals surface area contributed by atoms with Gasteiger partial charge in [0, 0.05) is 18.1 Å². The fourth-order valence-electron chi connectivity index (χ4n) is 2.36. The van der Waals surface area contributed by atoms with Crippen LogP contribution in [0.1, 0.15) is 18.4 Å². The molecule has 1 aliphatic heterocycles. The third-order valence-corrected chi connectivity index (χ3v) is 4.34. The highest BCUT2D eigenvalue weighted by Gasteiger charge is 2.28. The van der Waals surface area contributed by atoms with Crippen LogP contribution in [0.5, 0.6) is 0 Å². The molecule has 18 heavy (non-hydrogen) atoms. The summed E-state index contributed by atoms with van der Waals surface area (Å²) in [6.45, 7) is 1.98. The van der Waals surface area contributed by atoms with Crippen molar-refractivity contribution in [2.75, 3.05) is 18.8 Å². The zero-order valence-electron chi connectivity index (χ0n) is 10.5. The molecule has 0 bridgehead atoms. The van der Waals surface area contributed by atoms with Crippen LogP contribution in [-0.4, -0.2) is 35.7 Å². The number of nitrogens with zero attached hydrogens (tertiary/aromatic N) is 1. The normalized spacial score (nSPS) is 20.1. The number of primary amides is 1. The van der Waals surface area contributed by atoms with Gasteiger partial charge in [0.25, 0.3) is 0 Å². The second-order valence-electron chi connectivity index (χ2n) is 4.63. The number of carbonyl (C=O) groups excluding carboxylic acids is 1. The third-order valence-electron chi connectivity index (χ3n) is 3.33. The lowest BCUT2D eigenvalue weighted by Crippen LogP contribution is -2.41. The number of hydrogen-bond acceptors (Lipinski definition) is 3. The highest BCUT2D eigenvalue weighted by Crippen LogP contribution is 2.18. The lowest BCUT2D eigenvalue weighted by atomic mass is 10.2. The summed E-state index contributed by atoms with van der Waals surface area (Å²) in [6.07, 6.45) is 2.02. The number of amides is 1. The Hall–Kier alpha value is -1.00. The van der Waals surface area contributed by atoms with Gasteiger partial charge in [0.05, 0.1) is 6.04 Å². The first-order valence-electron chi connectivity index (χ1n) is 6.42. The molecule has 0 spiro atoms. The monoisotopic (exact) mass is 264 g/mol. The molecule has 1 aromatic rings. The maximum Gasteiger partial charge on any atom is 0.234 e. The fourth-order valence-corrected chi connectivity index (χ4v) is 3.30. The van der Waals surface area contributed by atoms with Gasteiger partial charge in [-0.3, -0.25) is 9.69 Å². The summed E-state index contributed by atoms with van der Waals surface area (Å²) in [5, 5.41) is 0. The first kappa shape index (κ1) is 13.4. The van der Waals surface area contributed by atoms with Gasteiger partial charge >= 0.3 is 0 Å². The number of hydrogen-bond donors (Lipinski definition) is 1. The molecule has 1 atom stereocenters. The van der Waals surface area contributed by atoms with Crippen LogP contribution >= 0.6 is 11.8 Å². The molecule has 0 unspecified atom stereocenters. The van der Waals surface area contributed by atoms with Crippen LogP contribution in [0.15, 0.2) is 30.3 Å². The van der Waals surface area contributed by atoms with Crippen LogP contribution in [0, 0.1) is 0 Å². The summed E-state index contributed by atoms with van der Waals surface area (Å²) in [5.41, 5.74) is 6.75. The summed E-state index contributed by atoms with van der Waals surface area (Å²) in [7, 11) is 0. The molecule has 98 valence electrons. The predicted molar refractivity (Wildman–Crippen MR) is 76.4 cm³/mol. The molecule has 1 aliphatic rings. The van der Waals surface area contributed by atoms with Gasteiger partial charge in [-0.2, -0.15) is 11.8 Å². The Morgan fingerprint density at radius 3 is 2.89 bits per heavy atom. The Morgan fingerprint density at radius 1 is 1.39 bits per heavy atom. The molecular weight excluding hydrogens is 244 g/mol. The summed E-state index contributed by atoms with van der Waals surface area (Å²) < 4.78 is 0. The van der Waals surface area contributed by atoms with Gasteiger partial charge in [-0.1, -0.05) is 30.3 Å². The molecule has 0 aromatic heterocycles. The quantitative estimate of drug-likeness (QED) is 0.798. The minimum absolute atomic E-state index is 0.0256. The van der Waals surface area contributed by atoms with Crippen LogP contribution in [0.25, 0.3) is 0 Å². The minimum Gasteiger partial charge on any atom is -0.368 e. The molecule has 3 nitrogen and oxygen atoms in total. The van der Waals surface area contributed by atoms with Gasteiger partial charge in [0.15, 0.2) is 0 Å². The topological polar surface area (TPSA) is 46.3 Å². The second kappa shape index (κ2) is 6.81. The first-order valence-corrected chi connectivity index (χ1v) is 7.58. The average Bonchev–Trinajstić information content (AvgIpc) is 2.84. The van der Waals surface area contributed by atoms with E-state index in [1.54, 1.807) is 0 Å². The van der Waals surface area contributed by atoms with Gasteiger partial charge < -0.3 is 5.73 Å². The second-order valence-corrected chi connectivity index (χ2v) is 5.74. The van der Waals surface area contributed by atoms with Crippen molar-refractivity contribution in [2.24, 2.45) is 5.73 Å². The largest absolute Gasteiger partial charge is 0.368 e. The van der Waals surface area contributed by atoms with E-state index in [0.29, 0.717) is 0 Å². The number of rotatable bonds is 6. The minimum atomic E-state index is -0.166. The number of nitrogens with two attached hydrogens (primary N) is 1. The SMILES string of the molecule is NC(=O)[C@@H]1CCCN1CCSCc1ccccc1. The predicted octanol–water partition coefficient (Wildman–Crippen LogP) is 1.87. The van der Waals surface area contributed by atoms with Crippen molar-refractivity contribution < 1.29 is 4.79 Å². The summed E-state index contributed by atoms with van der Waals surface area (Å²) in [6, 6.07) is 10.4. The highest BCUT2D eigenvalue weighted by atomic mass is 32.2. The Balaban J connectivity index is 1.68. The average molecular weight is 264 g/mol. The number of benzene rings is 1. The number of likely N-dealkylation sites (tertiary alicyclic amines) is 1. The van der Waals surface area contributed by atoms with Gasteiger partial charge in [-0.05, 0) is 24.9 Å².